The summed E-state index contributed by atoms with van der Waals surface area (Å²) in [6, 6.07) is 15.1. The number of hydrogen-bond donors (Lipinski definition) is 0. The van der Waals surface area contributed by atoms with Crippen molar-refractivity contribution in [2.45, 2.75) is 16.3 Å². The third-order valence-corrected chi connectivity index (χ3v) is 5.04. The summed E-state index contributed by atoms with van der Waals surface area (Å²) in [6.07, 6.45) is 3.67. The summed E-state index contributed by atoms with van der Waals surface area (Å²) in [7, 11) is 0.766. The van der Waals surface area contributed by atoms with Crippen molar-refractivity contribution in [2.24, 2.45) is 0 Å². The van der Waals surface area contributed by atoms with E-state index in [9.17, 15) is 9.00 Å². The van der Waals surface area contributed by atoms with Gasteiger partial charge in [-0.3, -0.25) is 9.00 Å². The van der Waals surface area contributed by atoms with E-state index < -0.39 is 10.8 Å². The molecule has 0 aliphatic rings. The van der Waals surface area contributed by atoms with E-state index in [1.165, 1.54) is 4.90 Å². The highest BCUT2D eigenvalue weighted by Gasteiger charge is 2.12. The van der Waals surface area contributed by atoms with Crippen LogP contribution in [0.1, 0.15) is 15.9 Å². The minimum atomic E-state index is -1.02. The van der Waals surface area contributed by atoms with Crippen LogP contribution in [0.4, 0.5) is 0 Å². The Morgan fingerprint density at radius 3 is 2.18 bits per heavy atom. The van der Waals surface area contributed by atoms with Gasteiger partial charge in [0.05, 0.1) is 0 Å². The summed E-state index contributed by atoms with van der Waals surface area (Å²) in [6.45, 7) is 0.564. The molecule has 0 aliphatic carbocycles. The Kier molecular flexibility index (Phi) is 5.80. The zero-order chi connectivity index (χ0) is 16.1. The predicted molar refractivity (Wildman–Crippen MR) is 92.8 cm³/mol. The topological polar surface area (TPSA) is 37.4 Å². The van der Waals surface area contributed by atoms with Gasteiger partial charge in [0.15, 0.2) is 0 Å². The number of thioether (sulfide) groups is 1. The van der Waals surface area contributed by atoms with E-state index in [1.54, 1.807) is 54.2 Å². The van der Waals surface area contributed by atoms with Crippen LogP contribution in [0.15, 0.2) is 58.3 Å². The molecule has 1 atom stereocenters. The molecule has 0 N–H and O–H groups in total. The first kappa shape index (κ1) is 16.8. The summed E-state index contributed by atoms with van der Waals surface area (Å²) in [5.74, 6) is -0.0395. The molecule has 2 aromatic carbocycles. The number of benzene rings is 2. The number of amides is 1. The maximum Gasteiger partial charge on any atom is 0.253 e. The highest BCUT2D eigenvalue weighted by molar-refractivity contribution is 7.98. The second-order valence-corrected chi connectivity index (χ2v) is 7.25. The lowest BCUT2D eigenvalue weighted by atomic mass is 10.1. The van der Waals surface area contributed by atoms with Crippen LogP contribution in [-0.4, -0.2) is 34.6 Å². The van der Waals surface area contributed by atoms with Crippen LogP contribution in [0.25, 0.3) is 0 Å². The first-order chi connectivity index (χ1) is 10.5. The van der Waals surface area contributed by atoms with Crippen LogP contribution in [-0.2, 0) is 17.3 Å². The van der Waals surface area contributed by atoms with Crippen molar-refractivity contribution < 1.29 is 9.00 Å². The van der Waals surface area contributed by atoms with Gasteiger partial charge in [0.2, 0.25) is 0 Å². The van der Waals surface area contributed by atoms with Gasteiger partial charge in [-0.2, -0.15) is 0 Å². The van der Waals surface area contributed by atoms with Crippen molar-refractivity contribution in [3.05, 3.63) is 59.7 Å². The zero-order valence-electron chi connectivity index (χ0n) is 12.9. The molecule has 0 saturated heterocycles. The Morgan fingerprint density at radius 1 is 1.09 bits per heavy atom. The molecule has 0 heterocycles. The fraction of sp³-hybridized carbons (Fsp3) is 0.235. The average Bonchev–Trinajstić information content (AvgIpc) is 2.55. The van der Waals surface area contributed by atoms with Crippen molar-refractivity contribution >= 4 is 28.5 Å². The molecule has 116 valence electrons. The summed E-state index contributed by atoms with van der Waals surface area (Å²) >= 11 is 1.70. The van der Waals surface area contributed by atoms with Gasteiger partial charge in [-0.05, 0) is 48.2 Å². The molecule has 1 amide bonds. The van der Waals surface area contributed by atoms with E-state index in [2.05, 4.69) is 12.1 Å². The molecule has 0 radical (unpaired) electrons. The molecule has 5 heteroatoms. The molecule has 2 aromatic rings. The first-order valence-corrected chi connectivity index (χ1v) is 9.61. The van der Waals surface area contributed by atoms with E-state index in [0.717, 1.165) is 10.5 Å². The number of carbonyl (C=O) groups is 1. The van der Waals surface area contributed by atoms with Crippen LogP contribution < -0.4 is 0 Å². The normalized spacial score (nSPS) is 12.0. The molecule has 0 bridgehead atoms. The Bertz CT molecular complexity index is 666. The molecule has 2 rings (SSSR count). The van der Waals surface area contributed by atoms with Crippen LogP contribution in [0.3, 0.4) is 0 Å². The van der Waals surface area contributed by atoms with E-state index in [-0.39, 0.29) is 5.91 Å². The maximum absolute atomic E-state index is 12.4. The first-order valence-electron chi connectivity index (χ1n) is 6.83. The van der Waals surface area contributed by atoms with Gasteiger partial charge in [0.25, 0.3) is 5.91 Å². The van der Waals surface area contributed by atoms with Crippen molar-refractivity contribution in [1.29, 1.82) is 0 Å². The molecule has 3 nitrogen and oxygen atoms in total. The highest BCUT2D eigenvalue weighted by atomic mass is 32.2. The van der Waals surface area contributed by atoms with Crippen molar-refractivity contribution in [1.82, 2.24) is 4.90 Å². The van der Waals surface area contributed by atoms with Crippen LogP contribution in [0.2, 0.25) is 0 Å². The van der Waals surface area contributed by atoms with E-state index >= 15 is 0 Å². The van der Waals surface area contributed by atoms with Gasteiger partial charge in [-0.15, -0.1) is 11.8 Å². The van der Waals surface area contributed by atoms with Crippen molar-refractivity contribution in [3.8, 4) is 0 Å². The number of hydrogen-bond acceptors (Lipinski definition) is 3. The van der Waals surface area contributed by atoms with Gasteiger partial charge in [-0.1, -0.05) is 12.1 Å². The van der Waals surface area contributed by atoms with Gasteiger partial charge in [-0.25, -0.2) is 0 Å². The number of nitrogens with zero attached hydrogens (tertiary/aromatic N) is 1. The molecular formula is C17H19NO2S2. The molecule has 1 unspecified atom stereocenters. The van der Waals surface area contributed by atoms with Gasteiger partial charge < -0.3 is 4.90 Å². The number of carbonyl (C=O) groups excluding carboxylic acids is 1. The summed E-state index contributed by atoms with van der Waals surface area (Å²) in [4.78, 5) is 16.0. The largest absolute Gasteiger partial charge is 0.337 e. The van der Waals surface area contributed by atoms with Crippen LogP contribution in [0, 0.1) is 0 Å². The van der Waals surface area contributed by atoms with Gasteiger partial charge in [0.1, 0.15) is 0 Å². The van der Waals surface area contributed by atoms with Crippen LogP contribution >= 0.6 is 11.8 Å². The van der Waals surface area contributed by atoms with E-state index in [0.29, 0.717) is 12.1 Å². The zero-order valence-corrected chi connectivity index (χ0v) is 14.5. The van der Waals surface area contributed by atoms with Gasteiger partial charge >= 0.3 is 0 Å². The molecule has 0 spiro atoms. The monoisotopic (exact) mass is 333 g/mol. The minimum absolute atomic E-state index is 0.0395. The third-order valence-electron chi connectivity index (χ3n) is 3.36. The van der Waals surface area contributed by atoms with Crippen LogP contribution in [0.5, 0.6) is 0 Å². The quantitative estimate of drug-likeness (QED) is 0.787. The Balaban J connectivity index is 2.06. The second kappa shape index (κ2) is 7.61. The summed E-state index contributed by atoms with van der Waals surface area (Å²) in [5, 5.41) is 0. The molecular weight excluding hydrogens is 314 g/mol. The molecule has 0 fully saturated rings. The van der Waals surface area contributed by atoms with Crippen molar-refractivity contribution in [3.63, 3.8) is 0 Å². The fourth-order valence-corrected chi connectivity index (χ4v) is 3.01. The number of rotatable bonds is 5. The van der Waals surface area contributed by atoms with E-state index in [1.807, 2.05) is 18.4 Å². The molecule has 0 aliphatic heterocycles. The predicted octanol–water partition coefficient (Wildman–Crippen LogP) is 3.42. The molecule has 0 aromatic heterocycles. The Hall–Kier alpha value is -1.59. The average molecular weight is 333 g/mol. The molecule has 0 saturated carbocycles. The van der Waals surface area contributed by atoms with E-state index in [4.69, 9.17) is 0 Å². The Morgan fingerprint density at radius 2 is 1.68 bits per heavy atom. The summed E-state index contributed by atoms with van der Waals surface area (Å²) in [5.41, 5.74) is 1.71. The SMILES string of the molecule is CSc1ccc(CN(C)C(=O)c2ccc(S(C)=O)cc2)cc1. The smallest absolute Gasteiger partial charge is 0.253 e. The third kappa shape index (κ3) is 4.21. The fourth-order valence-electron chi connectivity index (χ4n) is 2.09. The highest BCUT2D eigenvalue weighted by Crippen LogP contribution is 2.16. The Labute approximate surface area is 138 Å². The molecule has 22 heavy (non-hydrogen) atoms. The maximum atomic E-state index is 12.4. The lowest BCUT2D eigenvalue weighted by Gasteiger charge is -2.17. The van der Waals surface area contributed by atoms with Gasteiger partial charge in [0, 0.05) is 46.0 Å². The minimum Gasteiger partial charge on any atom is -0.337 e. The lowest BCUT2D eigenvalue weighted by Crippen LogP contribution is -2.26. The second-order valence-electron chi connectivity index (χ2n) is 4.99. The summed E-state index contributed by atoms with van der Waals surface area (Å²) < 4.78 is 11.4. The lowest BCUT2D eigenvalue weighted by molar-refractivity contribution is 0.0785. The standard InChI is InChI=1S/C17H19NO2S2/c1-18(12-13-4-8-15(21-2)9-5-13)17(19)14-6-10-16(11-7-14)22(3)20/h4-11H,12H2,1-3H3. The van der Waals surface area contributed by atoms with Crippen molar-refractivity contribution in [2.75, 3.05) is 19.6 Å².